The lowest BCUT2D eigenvalue weighted by Crippen LogP contribution is -2.35. The van der Waals surface area contributed by atoms with Crippen LogP contribution in [0.4, 0.5) is 5.69 Å². The number of anilines is 1. The van der Waals surface area contributed by atoms with Crippen molar-refractivity contribution in [3.63, 3.8) is 0 Å². The molecule has 0 spiro atoms. The highest BCUT2D eigenvalue weighted by Crippen LogP contribution is 2.32. The highest BCUT2D eigenvalue weighted by molar-refractivity contribution is 6.22. The van der Waals surface area contributed by atoms with Gasteiger partial charge >= 0.3 is 0 Å². The predicted octanol–water partition coefficient (Wildman–Crippen LogP) is 2.95. The van der Waals surface area contributed by atoms with Crippen molar-refractivity contribution in [2.75, 3.05) is 11.4 Å². The molecule has 1 aliphatic heterocycles. The summed E-state index contributed by atoms with van der Waals surface area (Å²) in [5.41, 5.74) is 0.879. The second-order valence-corrected chi connectivity index (χ2v) is 4.12. The maximum absolute atomic E-state index is 9.68. The van der Waals surface area contributed by atoms with Gasteiger partial charge in [-0.2, -0.15) is 0 Å². The molecule has 1 aromatic carbocycles. The molecule has 1 saturated heterocycles. The molecule has 1 unspecified atom stereocenters. The minimum absolute atomic E-state index is 0.0250. The van der Waals surface area contributed by atoms with Gasteiger partial charge in [0.2, 0.25) is 0 Å². The van der Waals surface area contributed by atoms with Gasteiger partial charge in [0.15, 0.2) is 0 Å². The number of para-hydroxylation sites is 2. The van der Waals surface area contributed by atoms with Gasteiger partial charge < -0.3 is 10.0 Å². The van der Waals surface area contributed by atoms with Crippen LogP contribution in [0.5, 0.6) is 5.75 Å². The van der Waals surface area contributed by atoms with Crippen molar-refractivity contribution in [3.05, 3.63) is 24.3 Å². The molecule has 1 heterocycles. The number of phenolic OH excluding ortho intramolecular Hbond substituents is 1. The standard InChI is InChI=1S/C11H14ClNO/c12-11-7-3-4-8-13(11)9-5-1-2-6-10(9)14/h1-2,5-6,11,14H,3-4,7-8H2. The lowest BCUT2D eigenvalue weighted by Gasteiger charge is -2.33. The second kappa shape index (κ2) is 4.09. The molecule has 1 N–H and O–H groups in total. The molecule has 0 bridgehead atoms. The number of halogens is 1. The summed E-state index contributed by atoms with van der Waals surface area (Å²) in [4.78, 5) is 2.07. The molecular formula is C11H14ClNO. The first-order valence-electron chi connectivity index (χ1n) is 4.98. The van der Waals surface area contributed by atoms with E-state index in [2.05, 4.69) is 4.90 Å². The van der Waals surface area contributed by atoms with Gasteiger partial charge in [0.25, 0.3) is 0 Å². The summed E-state index contributed by atoms with van der Waals surface area (Å²) in [5.74, 6) is 0.319. The molecule has 2 nitrogen and oxygen atoms in total. The van der Waals surface area contributed by atoms with Crippen LogP contribution in [-0.4, -0.2) is 17.2 Å². The largest absolute Gasteiger partial charge is 0.506 e. The molecule has 76 valence electrons. The fraction of sp³-hybridized carbons (Fsp3) is 0.455. The Balaban J connectivity index is 2.25. The van der Waals surface area contributed by atoms with Crippen molar-refractivity contribution in [3.8, 4) is 5.75 Å². The van der Waals surface area contributed by atoms with Crippen LogP contribution in [-0.2, 0) is 0 Å². The third-order valence-electron chi connectivity index (χ3n) is 2.62. The quantitative estimate of drug-likeness (QED) is 0.570. The van der Waals surface area contributed by atoms with Crippen LogP contribution < -0.4 is 4.90 Å². The highest BCUT2D eigenvalue weighted by atomic mass is 35.5. The molecule has 0 aliphatic carbocycles. The van der Waals surface area contributed by atoms with E-state index in [0.29, 0.717) is 5.75 Å². The molecule has 3 heteroatoms. The topological polar surface area (TPSA) is 23.5 Å². The summed E-state index contributed by atoms with van der Waals surface area (Å²) in [7, 11) is 0. The number of rotatable bonds is 1. The SMILES string of the molecule is Oc1ccccc1N1CCCCC1Cl. The zero-order valence-corrected chi connectivity index (χ0v) is 8.74. The summed E-state index contributed by atoms with van der Waals surface area (Å²) in [6.45, 7) is 0.936. The van der Waals surface area contributed by atoms with Gasteiger partial charge in [-0.3, -0.25) is 0 Å². The Kier molecular flexibility index (Phi) is 2.82. The van der Waals surface area contributed by atoms with E-state index in [0.717, 1.165) is 25.1 Å². The van der Waals surface area contributed by atoms with E-state index >= 15 is 0 Å². The van der Waals surface area contributed by atoms with Gasteiger partial charge in [-0.15, -0.1) is 0 Å². The molecule has 0 amide bonds. The number of phenols is 1. The van der Waals surface area contributed by atoms with E-state index in [-0.39, 0.29) is 5.50 Å². The molecule has 1 fully saturated rings. The summed E-state index contributed by atoms with van der Waals surface area (Å²) < 4.78 is 0. The maximum Gasteiger partial charge on any atom is 0.138 e. The van der Waals surface area contributed by atoms with Crippen molar-refractivity contribution in [2.24, 2.45) is 0 Å². The van der Waals surface area contributed by atoms with Crippen LogP contribution >= 0.6 is 11.6 Å². The number of alkyl halides is 1. The van der Waals surface area contributed by atoms with E-state index in [1.165, 1.54) is 6.42 Å². The van der Waals surface area contributed by atoms with E-state index in [1.54, 1.807) is 6.07 Å². The van der Waals surface area contributed by atoms with E-state index in [4.69, 9.17) is 11.6 Å². The zero-order valence-electron chi connectivity index (χ0n) is 7.99. The monoisotopic (exact) mass is 211 g/mol. The van der Waals surface area contributed by atoms with Crippen molar-refractivity contribution in [1.29, 1.82) is 0 Å². The van der Waals surface area contributed by atoms with Crippen LogP contribution in [0.2, 0.25) is 0 Å². The van der Waals surface area contributed by atoms with Crippen LogP contribution in [0, 0.1) is 0 Å². The van der Waals surface area contributed by atoms with E-state index < -0.39 is 0 Å². The van der Waals surface area contributed by atoms with Gasteiger partial charge in [0, 0.05) is 6.54 Å². The fourth-order valence-corrected chi connectivity index (χ4v) is 2.23. The summed E-state index contributed by atoms with van der Waals surface area (Å²) in [5, 5.41) is 9.68. The normalized spacial score (nSPS) is 22.4. The maximum atomic E-state index is 9.68. The number of hydrogen-bond acceptors (Lipinski definition) is 2. The number of nitrogens with zero attached hydrogens (tertiary/aromatic N) is 1. The third kappa shape index (κ3) is 1.80. The molecule has 1 aliphatic rings. The van der Waals surface area contributed by atoms with Gasteiger partial charge in [-0.1, -0.05) is 23.7 Å². The smallest absolute Gasteiger partial charge is 0.138 e. The minimum Gasteiger partial charge on any atom is -0.506 e. The predicted molar refractivity (Wildman–Crippen MR) is 58.9 cm³/mol. The second-order valence-electron chi connectivity index (χ2n) is 3.61. The number of hydrogen-bond donors (Lipinski definition) is 1. The molecule has 1 aromatic rings. The zero-order chi connectivity index (χ0) is 9.97. The minimum atomic E-state index is 0.0250. The van der Waals surface area contributed by atoms with Crippen molar-refractivity contribution >= 4 is 17.3 Å². The van der Waals surface area contributed by atoms with Crippen LogP contribution in [0.1, 0.15) is 19.3 Å². The average Bonchev–Trinajstić information content (AvgIpc) is 2.20. The van der Waals surface area contributed by atoms with Crippen molar-refractivity contribution in [2.45, 2.75) is 24.8 Å². The van der Waals surface area contributed by atoms with E-state index in [1.807, 2.05) is 18.2 Å². The lowest BCUT2D eigenvalue weighted by atomic mass is 10.1. The fourth-order valence-electron chi connectivity index (χ4n) is 1.87. The number of benzene rings is 1. The number of aromatic hydroxyl groups is 1. The average molecular weight is 212 g/mol. The molecule has 1 atom stereocenters. The van der Waals surface area contributed by atoms with E-state index in [9.17, 15) is 5.11 Å². The van der Waals surface area contributed by atoms with Crippen LogP contribution in [0.3, 0.4) is 0 Å². The summed E-state index contributed by atoms with van der Waals surface area (Å²) in [6, 6.07) is 7.36. The Morgan fingerprint density at radius 3 is 2.79 bits per heavy atom. The third-order valence-corrected chi connectivity index (χ3v) is 3.07. The molecule has 0 radical (unpaired) electrons. The Hall–Kier alpha value is -0.890. The molecular weight excluding hydrogens is 198 g/mol. The lowest BCUT2D eigenvalue weighted by molar-refractivity contribution is 0.466. The Morgan fingerprint density at radius 1 is 1.29 bits per heavy atom. The first-order valence-corrected chi connectivity index (χ1v) is 5.41. The Morgan fingerprint density at radius 2 is 2.07 bits per heavy atom. The number of piperidine rings is 1. The molecule has 0 aromatic heterocycles. The van der Waals surface area contributed by atoms with Crippen LogP contribution in [0.15, 0.2) is 24.3 Å². The van der Waals surface area contributed by atoms with Crippen LogP contribution in [0.25, 0.3) is 0 Å². The van der Waals surface area contributed by atoms with Gasteiger partial charge in [-0.05, 0) is 31.4 Å². The van der Waals surface area contributed by atoms with Crippen molar-refractivity contribution < 1.29 is 5.11 Å². The highest BCUT2D eigenvalue weighted by Gasteiger charge is 2.21. The van der Waals surface area contributed by atoms with Gasteiger partial charge in [0.1, 0.15) is 11.3 Å². The molecule has 14 heavy (non-hydrogen) atoms. The summed E-state index contributed by atoms with van der Waals surface area (Å²) >= 11 is 6.20. The van der Waals surface area contributed by atoms with Crippen molar-refractivity contribution in [1.82, 2.24) is 0 Å². The Bertz CT molecular complexity index is 316. The summed E-state index contributed by atoms with van der Waals surface area (Å²) in [6.07, 6.45) is 3.33. The molecule has 2 rings (SSSR count). The van der Waals surface area contributed by atoms with Gasteiger partial charge in [0.05, 0.1) is 5.69 Å². The molecule has 0 saturated carbocycles. The first-order chi connectivity index (χ1) is 6.79. The Labute approximate surface area is 89.1 Å². The first kappa shape index (κ1) is 9.66. The van der Waals surface area contributed by atoms with Gasteiger partial charge in [-0.25, -0.2) is 0 Å².